The highest BCUT2D eigenvalue weighted by Gasteiger charge is 2.10. The van der Waals surface area contributed by atoms with E-state index in [1.165, 1.54) is 6.20 Å². The number of aliphatic hydroxyl groups excluding tert-OH is 1. The van der Waals surface area contributed by atoms with Crippen LogP contribution in [0, 0.1) is 0 Å². The monoisotopic (exact) mass is 251 g/mol. The van der Waals surface area contributed by atoms with Crippen LogP contribution in [0.15, 0.2) is 6.20 Å². The van der Waals surface area contributed by atoms with Crippen LogP contribution in [-0.4, -0.2) is 41.4 Å². The van der Waals surface area contributed by atoms with Crippen molar-refractivity contribution in [1.82, 2.24) is 9.97 Å². The van der Waals surface area contributed by atoms with Crippen molar-refractivity contribution in [2.75, 3.05) is 25.6 Å². The summed E-state index contributed by atoms with van der Waals surface area (Å²) >= 11 is 11.4. The zero-order valence-corrected chi connectivity index (χ0v) is 9.59. The number of hydrogen-bond donors (Lipinski definition) is 2. The van der Waals surface area contributed by atoms with Gasteiger partial charge in [-0.25, -0.2) is 4.98 Å². The van der Waals surface area contributed by atoms with Gasteiger partial charge in [0.2, 0.25) is 5.28 Å². The Bertz CT molecular complexity index is 325. The van der Waals surface area contributed by atoms with Crippen LogP contribution in [0.2, 0.25) is 10.3 Å². The molecule has 0 aliphatic carbocycles. The van der Waals surface area contributed by atoms with Crippen molar-refractivity contribution < 1.29 is 9.84 Å². The minimum atomic E-state index is -0.279. The quantitative estimate of drug-likeness (QED) is 0.771. The van der Waals surface area contributed by atoms with Crippen molar-refractivity contribution in [1.29, 1.82) is 0 Å². The minimum absolute atomic E-state index is 0.0915. The van der Waals surface area contributed by atoms with Crippen LogP contribution in [0.1, 0.15) is 0 Å². The number of halogens is 2. The Labute approximate surface area is 97.4 Å². The summed E-state index contributed by atoms with van der Waals surface area (Å²) in [4.78, 5) is 7.59. The highest BCUT2D eigenvalue weighted by atomic mass is 35.5. The van der Waals surface area contributed by atoms with E-state index in [4.69, 9.17) is 33.0 Å². The lowest BCUT2D eigenvalue weighted by atomic mass is 10.3. The Kier molecular flexibility index (Phi) is 5.04. The van der Waals surface area contributed by atoms with Crippen LogP contribution in [0.4, 0.5) is 5.82 Å². The van der Waals surface area contributed by atoms with Gasteiger partial charge in [0.05, 0.1) is 25.5 Å². The summed E-state index contributed by atoms with van der Waals surface area (Å²) in [6, 6.07) is -0.279. The fourth-order valence-corrected chi connectivity index (χ4v) is 1.26. The second-order valence-corrected chi connectivity index (χ2v) is 3.56. The molecule has 1 atom stereocenters. The van der Waals surface area contributed by atoms with Gasteiger partial charge in [-0.1, -0.05) is 11.6 Å². The summed E-state index contributed by atoms with van der Waals surface area (Å²) in [6.45, 7) is 0.250. The van der Waals surface area contributed by atoms with Gasteiger partial charge in [-0.2, -0.15) is 4.98 Å². The van der Waals surface area contributed by atoms with Gasteiger partial charge < -0.3 is 15.2 Å². The largest absolute Gasteiger partial charge is 0.394 e. The van der Waals surface area contributed by atoms with Gasteiger partial charge in [0, 0.05) is 7.11 Å². The molecule has 15 heavy (non-hydrogen) atoms. The van der Waals surface area contributed by atoms with Crippen molar-refractivity contribution in [2.45, 2.75) is 6.04 Å². The van der Waals surface area contributed by atoms with Crippen LogP contribution in [0.25, 0.3) is 0 Å². The van der Waals surface area contributed by atoms with Crippen LogP contribution in [0.5, 0.6) is 0 Å². The van der Waals surface area contributed by atoms with Crippen molar-refractivity contribution in [3.63, 3.8) is 0 Å². The molecule has 1 rings (SSSR count). The maximum absolute atomic E-state index is 9.02. The molecule has 0 saturated carbocycles. The van der Waals surface area contributed by atoms with Crippen LogP contribution in [-0.2, 0) is 4.74 Å². The van der Waals surface area contributed by atoms with Crippen molar-refractivity contribution in [3.8, 4) is 0 Å². The minimum Gasteiger partial charge on any atom is -0.394 e. The molecule has 0 spiro atoms. The van der Waals surface area contributed by atoms with Gasteiger partial charge in [-0.15, -0.1) is 0 Å². The molecule has 0 aliphatic rings. The Balaban J connectivity index is 2.73. The summed E-state index contributed by atoms with van der Waals surface area (Å²) in [5.74, 6) is 0.382. The van der Waals surface area contributed by atoms with E-state index in [-0.39, 0.29) is 17.9 Å². The maximum atomic E-state index is 9.02. The fourth-order valence-electron chi connectivity index (χ4n) is 0.981. The lowest BCUT2D eigenvalue weighted by molar-refractivity contribution is 0.153. The van der Waals surface area contributed by atoms with Crippen LogP contribution in [0.3, 0.4) is 0 Å². The highest BCUT2D eigenvalue weighted by Crippen LogP contribution is 2.19. The molecule has 1 unspecified atom stereocenters. The molecule has 2 N–H and O–H groups in total. The molecule has 0 radical (unpaired) electrons. The molecule has 7 heteroatoms. The zero-order chi connectivity index (χ0) is 11.3. The third-order valence-electron chi connectivity index (χ3n) is 1.64. The van der Waals surface area contributed by atoms with E-state index in [0.717, 1.165) is 0 Å². The molecule has 1 heterocycles. The Hall–Kier alpha value is -0.620. The molecule has 0 aromatic carbocycles. The number of nitrogens with zero attached hydrogens (tertiary/aromatic N) is 2. The van der Waals surface area contributed by atoms with Gasteiger partial charge in [0.15, 0.2) is 0 Å². The van der Waals surface area contributed by atoms with Crippen molar-refractivity contribution in [3.05, 3.63) is 16.5 Å². The predicted octanol–water partition coefficient (Wildman–Crippen LogP) is 1.20. The number of rotatable bonds is 5. The average Bonchev–Trinajstić information content (AvgIpc) is 2.22. The lowest BCUT2D eigenvalue weighted by Crippen LogP contribution is -2.29. The Morgan fingerprint density at radius 2 is 2.33 bits per heavy atom. The number of hydrogen-bond acceptors (Lipinski definition) is 5. The number of aliphatic hydroxyl groups is 1. The van der Waals surface area contributed by atoms with E-state index >= 15 is 0 Å². The third kappa shape index (κ3) is 3.79. The van der Waals surface area contributed by atoms with E-state index in [1.54, 1.807) is 7.11 Å². The van der Waals surface area contributed by atoms with E-state index in [1.807, 2.05) is 0 Å². The summed E-state index contributed by atoms with van der Waals surface area (Å²) < 4.78 is 4.90. The van der Waals surface area contributed by atoms with Crippen molar-refractivity contribution in [2.24, 2.45) is 0 Å². The van der Waals surface area contributed by atoms with Gasteiger partial charge in [0.25, 0.3) is 0 Å². The summed E-state index contributed by atoms with van der Waals surface area (Å²) in [5.41, 5.74) is 0. The number of nitrogens with one attached hydrogen (secondary N) is 1. The standard InChI is InChI=1S/C8H11Cl2N3O2/c1-15-4-5(3-14)12-7-6(9)2-11-8(10)13-7/h2,5,14H,3-4H2,1H3,(H,11,12,13). The van der Waals surface area contributed by atoms with E-state index in [9.17, 15) is 0 Å². The molecule has 0 amide bonds. The number of ether oxygens (including phenoxy) is 1. The second kappa shape index (κ2) is 6.07. The van der Waals surface area contributed by atoms with Crippen molar-refractivity contribution >= 4 is 29.0 Å². The van der Waals surface area contributed by atoms with Gasteiger partial charge in [0.1, 0.15) is 10.8 Å². The molecule has 84 valence electrons. The third-order valence-corrected chi connectivity index (χ3v) is 2.10. The predicted molar refractivity (Wildman–Crippen MR) is 58.4 cm³/mol. The zero-order valence-electron chi connectivity index (χ0n) is 8.07. The van der Waals surface area contributed by atoms with Gasteiger partial charge in [-0.05, 0) is 11.6 Å². The summed E-state index contributed by atoms with van der Waals surface area (Å²) in [7, 11) is 1.54. The first kappa shape index (κ1) is 12.4. The molecule has 5 nitrogen and oxygen atoms in total. The van der Waals surface area contributed by atoms with Gasteiger partial charge >= 0.3 is 0 Å². The Morgan fingerprint density at radius 1 is 1.60 bits per heavy atom. The number of aromatic nitrogens is 2. The number of anilines is 1. The molecule has 0 fully saturated rings. The van der Waals surface area contributed by atoms with E-state index < -0.39 is 0 Å². The molecule has 1 aromatic rings. The normalized spacial score (nSPS) is 12.5. The van der Waals surface area contributed by atoms with E-state index in [0.29, 0.717) is 17.4 Å². The summed E-state index contributed by atoms with van der Waals surface area (Å²) in [5, 5.41) is 12.3. The summed E-state index contributed by atoms with van der Waals surface area (Å²) in [6.07, 6.45) is 1.39. The first-order valence-electron chi connectivity index (χ1n) is 4.21. The van der Waals surface area contributed by atoms with E-state index in [2.05, 4.69) is 15.3 Å². The molecule has 0 saturated heterocycles. The van der Waals surface area contributed by atoms with Crippen LogP contribution >= 0.6 is 23.2 Å². The topological polar surface area (TPSA) is 67.3 Å². The second-order valence-electron chi connectivity index (χ2n) is 2.81. The fraction of sp³-hybridized carbons (Fsp3) is 0.500. The smallest absolute Gasteiger partial charge is 0.224 e. The first-order valence-corrected chi connectivity index (χ1v) is 4.97. The Morgan fingerprint density at radius 3 is 2.93 bits per heavy atom. The molecular formula is C8H11Cl2N3O2. The number of methoxy groups -OCH3 is 1. The van der Waals surface area contributed by atoms with Gasteiger partial charge in [-0.3, -0.25) is 0 Å². The SMILES string of the molecule is COCC(CO)Nc1nc(Cl)ncc1Cl. The molecule has 0 bridgehead atoms. The molecule has 0 aliphatic heterocycles. The molecule has 1 aromatic heterocycles. The average molecular weight is 252 g/mol. The lowest BCUT2D eigenvalue weighted by Gasteiger charge is -2.16. The molecular weight excluding hydrogens is 241 g/mol. The highest BCUT2D eigenvalue weighted by molar-refractivity contribution is 6.33. The van der Waals surface area contributed by atoms with Crippen LogP contribution < -0.4 is 5.32 Å². The maximum Gasteiger partial charge on any atom is 0.224 e. The first-order chi connectivity index (χ1) is 7.17.